The average Bonchev–Trinajstić information content (AvgIpc) is 2.34. The molecule has 20 heavy (non-hydrogen) atoms. The van der Waals surface area contributed by atoms with Gasteiger partial charge in [-0.25, -0.2) is 13.8 Å². The Morgan fingerprint density at radius 1 is 1.35 bits per heavy atom. The Kier molecular flexibility index (Phi) is 4.32. The van der Waals surface area contributed by atoms with Gasteiger partial charge >= 0.3 is 0 Å². The number of nitrogens with zero attached hydrogens (tertiary/aromatic N) is 1. The van der Waals surface area contributed by atoms with E-state index in [-0.39, 0.29) is 15.9 Å². The number of nitrogens with one attached hydrogen (secondary N) is 1. The van der Waals surface area contributed by atoms with Crippen LogP contribution in [0.25, 0.3) is 11.4 Å². The molecule has 2 rings (SSSR count). The molecule has 1 aromatic carbocycles. The molecule has 3 nitrogen and oxygen atoms in total. The Hall–Kier alpha value is -1.56. The van der Waals surface area contributed by atoms with Gasteiger partial charge in [0.15, 0.2) is 11.6 Å². The molecule has 0 spiro atoms. The van der Waals surface area contributed by atoms with E-state index in [1.165, 1.54) is 12.1 Å². The van der Waals surface area contributed by atoms with E-state index in [0.29, 0.717) is 23.6 Å². The minimum Gasteiger partial charge on any atom is -0.306 e. The Morgan fingerprint density at radius 3 is 2.70 bits per heavy atom. The van der Waals surface area contributed by atoms with Crippen LogP contribution in [0.15, 0.2) is 27.5 Å². The highest BCUT2D eigenvalue weighted by atomic mass is 79.9. The van der Waals surface area contributed by atoms with Crippen molar-refractivity contribution in [2.24, 2.45) is 5.92 Å². The summed E-state index contributed by atoms with van der Waals surface area (Å²) in [6.07, 6.45) is 0.637. The number of H-pyrrole nitrogens is 1. The van der Waals surface area contributed by atoms with Crippen LogP contribution >= 0.6 is 15.9 Å². The third-order valence-electron chi connectivity index (χ3n) is 2.70. The van der Waals surface area contributed by atoms with Crippen molar-refractivity contribution in [1.82, 2.24) is 9.97 Å². The molecular formula is C14H13BrF2N2O. The molecule has 1 heterocycles. The van der Waals surface area contributed by atoms with Gasteiger partial charge in [-0.15, -0.1) is 0 Å². The van der Waals surface area contributed by atoms with Crippen molar-refractivity contribution in [3.8, 4) is 11.4 Å². The zero-order valence-electron chi connectivity index (χ0n) is 11.0. The molecule has 0 unspecified atom stereocenters. The van der Waals surface area contributed by atoms with Crippen molar-refractivity contribution in [2.45, 2.75) is 20.3 Å². The second kappa shape index (κ2) is 5.83. The number of rotatable bonds is 3. The van der Waals surface area contributed by atoms with E-state index in [0.717, 1.165) is 6.07 Å². The molecule has 1 N–H and O–H groups in total. The molecule has 6 heteroatoms. The molecule has 106 valence electrons. The standard InChI is InChI=1S/C14H13BrF2N2O/c1-7(2)5-8-6-11(20)19-14(18-8)9-3-4-10(16)13(17)12(9)15/h3-4,6-7H,5H2,1-2H3,(H,18,19,20). The summed E-state index contributed by atoms with van der Waals surface area (Å²) in [6, 6.07) is 3.79. The van der Waals surface area contributed by atoms with E-state index < -0.39 is 11.6 Å². The van der Waals surface area contributed by atoms with Crippen molar-refractivity contribution in [2.75, 3.05) is 0 Å². The lowest BCUT2D eigenvalue weighted by molar-refractivity contribution is 0.504. The van der Waals surface area contributed by atoms with Crippen molar-refractivity contribution in [3.63, 3.8) is 0 Å². The predicted molar refractivity (Wildman–Crippen MR) is 76.5 cm³/mol. The van der Waals surface area contributed by atoms with E-state index in [1.54, 1.807) is 0 Å². The summed E-state index contributed by atoms with van der Waals surface area (Å²) in [4.78, 5) is 18.5. The number of benzene rings is 1. The monoisotopic (exact) mass is 342 g/mol. The molecule has 0 bridgehead atoms. The Bertz CT molecular complexity index is 698. The maximum atomic E-state index is 13.5. The highest BCUT2D eigenvalue weighted by Crippen LogP contribution is 2.29. The minimum absolute atomic E-state index is 0.0534. The van der Waals surface area contributed by atoms with Crippen LogP contribution in [0.2, 0.25) is 0 Å². The molecule has 0 atom stereocenters. The summed E-state index contributed by atoms with van der Waals surface area (Å²) in [7, 11) is 0. The molecule has 0 aliphatic carbocycles. The third-order valence-corrected chi connectivity index (χ3v) is 3.48. The molecule has 0 amide bonds. The van der Waals surface area contributed by atoms with Crippen LogP contribution in [-0.4, -0.2) is 9.97 Å². The molecule has 0 radical (unpaired) electrons. The first kappa shape index (κ1) is 14.8. The summed E-state index contributed by atoms with van der Waals surface area (Å²) in [5.74, 6) is -1.40. The Labute approximate surface area is 123 Å². The van der Waals surface area contributed by atoms with Crippen LogP contribution in [0.3, 0.4) is 0 Å². The molecule has 0 aliphatic heterocycles. The lowest BCUT2D eigenvalue weighted by Gasteiger charge is -2.08. The van der Waals surface area contributed by atoms with Gasteiger partial charge in [0.05, 0.1) is 4.47 Å². The summed E-state index contributed by atoms with van der Waals surface area (Å²) in [6.45, 7) is 4.02. The number of hydrogen-bond donors (Lipinski definition) is 1. The van der Waals surface area contributed by atoms with Gasteiger partial charge in [0.1, 0.15) is 5.82 Å². The summed E-state index contributed by atoms with van der Waals surface area (Å²) >= 11 is 2.99. The maximum Gasteiger partial charge on any atom is 0.251 e. The first-order valence-electron chi connectivity index (χ1n) is 6.12. The van der Waals surface area contributed by atoms with E-state index >= 15 is 0 Å². The third kappa shape index (κ3) is 3.12. The maximum absolute atomic E-state index is 13.5. The topological polar surface area (TPSA) is 45.8 Å². The number of hydrogen-bond acceptors (Lipinski definition) is 2. The normalized spacial score (nSPS) is 11.1. The molecule has 0 fully saturated rings. The average molecular weight is 343 g/mol. The van der Waals surface area contributed by atoms with Crippen LogP contribution in [0, 0.1) is 17.6 Å². The van der Waals surface area contributed by atoms with Crippen LogP contribution in [0.4, 0.5) is 8.78 Å². The van der Waals surface area contributed by atoms with E-state index in [1.807, 2.05) is 13.8 Å². The molecule has 0 saturated heterocycles. The smallest absolute Gasteiger partial charge is 0.251 e. The SMILES string of the molecule is CC(C)Cc1cc(=O)[nH]c(-c2ccc(F)c(F)c2Br)n1. The fraction of sp³-hybridized carbons (Fsp3) is 0.286. The molecule has 0 saturated carbocycles. The summed E-state index contributed by atoms with van der Waals surface area (Å²) < 4.78 is 26.6. The molecule has 0 aliphatic rings. The fourth-order valence-corrected chi connectivity index (χ4v) is 2.38. The van der Waals surface area contributed by atoms with Crippen molar-refractivity contribution < 1.29 is 8.78 Å². The van der Waals surface area contributed by atoms with Crippen LogP contribution in [0.1, 0.15) is 19.5 Å². The zero-order valence-corrected chi connectivity index (χ0v) is 12.6. The summed E-state index contributed by atoms with van der Waals surface area (Å²) in [5.41, 5.74) is 0.615. The first-order valence-corrected chi connectivity index (χ1v) is 6.92. The predicted octanol–water partition coefficient (Wildman–Crippen LogP) is 3.68. The van der Waals surface area contributed by atoms with Gasteiger partial charge in [-0.1, -0.05) is 13.8 Å². The van der Waals surface area contributed by atoms with Gasteiger partial charge in [-0.2, -0.15) is 0 Å². The van der Waals surface area contributed by atoms with Gasteiger partial charge in [-0.3, -0.25) is 4.79 Å². The van der Waals surface area contributed by atoms with Gasteiger partial charge in [-0.05, 0) is 40.4 Å². The van der Waals surface area contributed by atoms with Crippen molar-refractivity contribution in [1.29, 1.82) is 0 Å². The van der Waals surface area contributed by atoms with Crippen molar-refractivity contribution in [3.05, 3.63) is 50.4 Å². The second-order valence-electron chi connectivity index (χ2n) is 4.91. The zero-order chi connectivity index (χ0) is 14.9. The van der Waals surface area contributed by atoms with Gasteiger partial charge in [0.25, 0.3) is 5.56 Å². The molecular weight excluding hydrogens is 330 g/mol. The molecule has 1 aromatic heterocycles. The second-order valence-corrected chi connectivity index (χ2v) is 5.70. The lowest BCUT2D eigenvalue weighted by Crippen LogP contribution is -2.12. The number of aromatic nitrogens is 2. The quantitative estimate of drug-likeness (QED) is 0.865. The number of aromatic amines is 1. The van der Waals surface area contributed by atoms with E-state index in [2.05, 4.69) is 25.9 Å². The number of halogens is 3. The van der Waals surface area contributed by atoms with E-state index in [9.17, 15) is 13.6 Å². The van der Waals surface area contributed by atoms with Crippen LogP contribution in [0.5, 0.6) is 0 Å². The van der Waals surface area contributed by atoms with Gasteiger partial charge in [0, 0.05) is 17.3 Å². The van der Waals surface area contributed by atoms with E-state index in [4.69, 9.17) is 0 Å². The minimum atomic E-state index is -1.00. The Balaban J connectivity index is 2.56. The largest absolute Gasteiger partial charge is 0.306 e. The molecule has 2 aromatic rings. The highest BCUT2D eigenvalue weighted by molar-refractivity contribution is 9.10. The first-order chi connectivity index (χ1) is 9.38. The Morgan fingerprint density at radius 2 is 2.05 bits per heavy atom. The highest BCUT2D eigenvalue weighted by Gasteiger charge is 2.15. The van der Waals surface area contributed by atoms with Gasteiger partial charge < -0.3 is 4.98 Å². The lowest BCUT2D eigenvalue weighted by atomic mass is 10.1. The van der Waals surface area contributed by atoms with Crippen LogP contribution in [-0.2, 0) is 6.42 Å². The van der Waals surface area contributed by atoms with Gasteiger partial charge in [0.2, 0.25) is 0 Å². The fourth-order valence-electron chi connectivity index (χ4n) is 1.87. The summed E-state index contributed by atoms with van der Waals surface area (Å²) in [5, 5.41) is 0. The van der Waals surface area contributed by atoms with Crippen molar-refractivity contribution >= 4 is 15.9 Å². The van der Waals surface area contributed by atoms with Crippen LogP contribution < -0.4 is 5.56 Å².